The van der Waals surface area contributed by atoms with Crippen molar-refractivity contribution < 1.29 is 9.59 Å². The van der Waals surface area contributed by atoms with E-state index >= 15 is 0 Å². The van der Waals surface area contributed by atoms with Gasteiger partial charge < -0.3 is 15.6 Å². The van der Waals surface area contributed by atoms with Crippen LogP contribution in [-0.4, -0.2) is 21.4 Å². The Morgan fingerprint density at radius 1 is 0.829 bits per heavy atom. The fourth-order valence-electron chi connectivity index (χ4n) is 3.91. The Hall–Kier alpha value is -4.91. The highest BCUT2D eigenvalue weighted by atomic mass is 16.2. The van der Waals surface area contributed by atoms with E-state index in [1.54, 1.807) is 66.9 Å². The van der Waals surface area contributed by atoms with Gasteiger partial charge in [-0.1, -0.05) is 42.5 Å². The molecule has 5 rings (SSSR count). The standard InChI is InChI=1S/C28H22N4O3/c33-25-8-4-5-17-32(25)23-13-11-22(12-14-23)30-28(35)26(20-6-2-1-3-7-20)31-27(34)21-10-9-19-15-16-29-24(19)18-21/h1-18,26,29H,(H,30,35)(H,31,34). The predicted molar refractivity (Wildman–Crippen MR) is 136 cm³/mol. The third kappa shape index (κ3) is 4.74. The van der Waals surface area contributed by atoms with Crippen LogP contribution in [0.1, 0.15) is 22.0 Å². The van der Waals surface area contributed by atoms with Crippen molar-refractivity contribution in [2.24, 2.45) is 0 Å². The minimum absolute atomic E-state index is 0.145. The quantitative estimate of drug-likeness (QED) is 0.348. The number of benzene rings is 3. The zero-order chi connectivity index (χ0) is 24.2. The summed E-state index contributed by atoms with van der Waals surface area (Å²) in [7, 11) is 0. The second-order valence-corrected chi connectivity index (χ2v) is 8.04. The van der Waals surface area contributed by atoms with Crippen molar-refractivity contribution in [2.45, 2.75) is 6.04 Å². The number of fused-ring (bicyclic) bond motifs is 1. The maximum Gasteiger partial charge on any atom is 0.255 e. The zero-order valence-corrected chi connectivity index (χ0v) is 18.6. The Labute approximate surface area is 201 Å². The SMILES string of the molecule is O=C(NC(C(=O)Nc1ccc(-n2ccccc2=O)cc1)c1ccccc1)c1ccc2cc[nH]c2c1. The zero-order valence-electron chi connectivity index (χ0n) is 18.6. The number of H-pyrrole nitrogens is 1. The number of nitrogens with one attached hydrogen (secondary N) is 3. The van der Waals surface area contributed by atoms with Crippen molar-refractivity contribution in [3.05, 3.63) is 131 Å². The van der Waals surface area contributed by atoms with Crippen LogP contribution in [0.3, 0.4) is 0 Å². The van der Waals surface area contributed by atoms with E-state index < -0.39 is 6.04 Å². The van der Waals surface area contributed by atoms with E-state index in [1.807, 2.05) is 36.5 Å². The lowest BCUT2D eigenvalue weighted by Crippen LogP contribution is -2.37. The molecule has 0 fully saturated rings. The number of pyridine rings is 1. The van der Waals surface area contributed by atoms with E-state index in [1.165, 1.54) is 10.6 Å². The van der Waals surface area contributed by atoms with Gasteiger partial charge in [0.1, 0.15) is 6.04 Å². The molecule has 3 aromatic carbocycles. The average molecular weight is 463 g/mol. The highest BCUT2D eigenvalue weighted by Gasteiger charge is 2.23. The van der Waals surface area contributed by atoms with Gasteiger partial charge in [0, 0.05) is 40.9 Å². The van der Waals surface area contributed by atoms with E-state index in [0.717, 1.165) is 10.9 Å². The molecule has 0 bridgehead atoms. The van der Waals surface area contributed by atoms with Gasteiger partial charge >= 0.3 is 0 Å². The normalized spacial score (nSPS) is 11.7. The number of aromatic nitrogens is 2. The first-order chi connectivity index (χ1) is 17.1. The van der Waals surface area contributed by atoms with Crippen LogP contribution >= 0.6 is 0 Å². The van der Waals surface area contributed by atoms with E-state index in [-0.39, 0.29) is 17.4 Å². The molecule has 1 unspecified atom stereocenters. The van der Waals surface area contributed by atoms with Gasteiger partial charge in [0.25, 0.3) is 17.4 Å². The average Bonchev–Trinajstić information content (AvgIpc) is 3.36. The molecule has 0 saturated heterocycles. The summed E-state index contributed by atoms with van der Waals surface area (Å²) in [5, 5.41) is 6.73. The van der Waals surface area contributed by atoms with Crippen LogP contribution < -0.4 is 16.2 Å². The highest BCUT2D eigenvalue weighted by molar-refractivity contribution is 6.03. The number of amides is 2. The summed E-state index contributed by atoms with van der Waals surface area (Å²) in [5.41, 5.74) is 3.04. The van der Waals surface area contributed by atoms with Gasteiger partial charge in [-0.25, -0.2) is 0 Å². The number of nitrogens with zero attached hydrogens (tertiary/aromatic N) is 1. The fourth-order valence-corrected chi connectivity index (χ4v) is 3.91. The molecule has 0 aliphatic carbocycles. The van der Waals surface area contributed by atoms with Crippen molar-refractivity contribution in [3.8, 4) is 5.69 Å². The molecule has 0 spiro atoms. The van der Waals surface area contributed by atoms with Gasteiger partial charge in [0.15, 0.2) is 0 Å². The molecule has 0 radical (unpaired) electrons. The van der Waals surface area contributed by atoms with E-state index in [4.69, 9.17) is 0 Å². The Kier molecular flexibility index (Phi) is 5.96. The smallest absolute Gasteiger partial charge is 0.255 e. The second-order valence-electron chi connectivity index (χ2n) is 8.04. The van der Waals surface area contributed by atoms with Gasteiger partial charge in [-0.15, -0.1) is 0 Å². The van der Waals surface area contributed by atoms with Gasteiger partial charge in [-0.2, -0.15) is 0 Å². The first-order valence-corrected chi connectivity index (χ1v) is 11.1. The van der Waals surface area contributed by atoms with Crippen molar-refractivity contribution >= 4 is 28.4 Å². The Balaban J connectivity index is 1.37. The molecule has 0 aliphatic heterocycles. The summed E-state index contributed by atoms with van der Waals surface area (Å²) in [6, 6.07) is 27.3. The largest absolute Gasteiger partial charge is 0.361 e. The molecule has 7 heteroatoms. The first kappa shape index (κ1) is 21.9. The lowest BCUT2D eigenvalue weighted by molar-refractivity contribution is -0.118. The van der Waals surface area contributed by atoms with Crippen LogP contribution in [-0.2, 0) is 4.79 Å². The number of hydrogen-bond donors (Lipinski definition) is 3. The number of anilines is 1. The van der Waals surface area contributed by atoms with Crippen molar-refractivity contribution in [1.82, 2.24) is 14.9 Å². The Morgan fingerprint density at radius 3 is 2.37 bits per heavy atom. The number of rotatable bonds is 6. The van der Waals surface area contributed by atoms with Crippen molar-refractivity contribution in [2.75, 3.05) is 5.32 Å². The predicted octanol–water partition coefficient (Wildman–Crippen LogP) is 4.43. The molecular formula is C28H22N4O3. The number of carbonyl (C=O) groups is 2. The summed E-state index contributed by atoms with van der Waals surface area (Å²) in [6.45, 7) is 0. The molecular weight excluding hydrogens is 440 g/mol. The van der Waals surface area contributed by atoms with E-state index in [9.17, 15) is 14.4 Å². The molecule has 0 aliphatic rings. The van der Waals surface area contributed by atoms with Crippen molar-refractivity contribution in [1.29, 1.82) is 0 Å². The molecule has 5 aromatic rings. The Morgan fingerprint density at radius 2 is 1.60 bits per heavy atom. The summed E-state index contributed by atoms with van der Waals surface area (Å²) >= 11 is 0. The number of hydrogen-bond acceptors (Lipinski definition) is 3. The lowest BCUT2D eigenvalue weighted by Gasteiger charge is -2.19. The summed E-state index contributed by atoms with van der Waals surface area (Å²) < 4.78 is 1.51. The van der Waals surface area contributed by atoms with Crippen molar-refractivity contribution in [3.63, 3.8) is 0 Å². The van der Waals surface area contributed by atoms with Gasteiger partial charge in [-0.05, 0) is 59.5 Å². The molecule has 1 atom stereocenters. The third-order valence-electron chi connectivity index (χ3n) is 5.72. The highest BCUT2D eigenvalue weighted by Crippen LogP contribution is 2.20. The van der Waals surface area contributed by atoms with Gasteiger partial charge in [0.2, 0.25) is 0 Å². The van der Waals surface area contributed by atoms with Crippen LogP contribution in [0.15, 0.2) is 114 Å². The van der Waals surface area contributed by atoms with Crippen LogP contribution in [0.5, 0.6) is 0 Å². The molecule has 0 saturated carbocycles. The van der Waals surface area contributed by atoms with Gasteiger partial charge in [0.05, 0.1) is 0 Å². The molecule has 172 valence electrons. The van der Waals surface area contributed by atoms with Gasteiger partial charge in [-0.3, -0.25) is 19.0 Å². The monoisotopic (exact) mass is 462 g/mol. The number of carbonyl (C=O) groups excluding carboxylic acids is 2. The maximum absolute atomic E-state index is 13.3. The minimum Gasteiger partial charge on any atom is -0.361 e. The summed E-state index contributed by atoms with van der Waals surface area (Å²) in [6.07, 6.45) is 3.49. The maximum atomic E-state index is 13.3. The lowest BCUT2D eigenvalue weighted by atomic mass is 10.0. The molecule has 3 N–H and O–H groups in total. The molecule has 2 aromatic heterocycles. The molecule has 7 nitrogen and oxygen atoms in total. The topological polar surface area (TPSA) is 96.0 Å². The molecule has 2 heterocycles. The second kappa shape index (κ2) is 9.52. The Bertz CT molecular complexity index is 1550. The molecule has 2 amide bonds. The number of aromatic amines is 1. The summed E-state index contributed by atoms with van der Waals surface area (Å²) in [5.74, 6) is -0.737. The van der Waals surface area contributed by atoms with E-state index in [2.05, 4.69) is 15.6 Å². The van der Waals surface area contributed by atoms with Crippen LogP contribution in [0.2, 0.25) is 0 Å². The molecule has 35 heavy (non-hydrogen) atoms. The van der Waals surface area contributed by atoms with Crippen LogP contribution in [0, 0.1) is 0 Å². The summed E-state index contributed by atoms with van der Waals surface area (Å²) in [4.78, 5) is 41.5. The minimum atomic E-state index is -0.903. The fraction of sp³-hybridized carbons (Fsp3) is 0.0357. The van der Waals surface area contributed by atoms with Crippen LogP contribution in [0.4, 0.5) is 5.69 Å². The van der Waals surface area contributed by atoms with Crippen LogP contribution in [0.25, 0.3) is 16.6 Å². The third-order valence-corrected chi connectivity index (χ3v) is 5.72. The van der Waals surface area contributed by atoms with E-state index in [0.29, 0.717) is 22.5 Å². The first-order valence-electron chi connectivity index (χ1n) is 11.1.